The molecule has 124 valence electrons. The quantitative estimate of drug-likeness (QED) is 0.681. The molecule has 0 radical (unpaired) electrons. The topological polar surface area (TPSA) is 46.9 Å². The molecule has 5 heteroatoms. The highest BCUT2D eigenvalue weighted by atomic mass is 35.5. The zero-order valence-electron chi connectivity index (χ0n) is 13.6. The van der Waals surface area contributed by atoms with Crippen molar-refractivity contribution in [2.75, 3.05) is 6.54 Å². The van der Waals surface area contributed by atoms with Crippen LogP contribution in [0.2, 0.25) is 5.02 Å². The Bertz CT molecular complexity index is 839. The molecule has 1 heterocycles. The maximum Gasteiger partial charge on any atom is 0.251 e. The van der Waals surface area contributed by atoms with Gasteiger partial charge in [0, 0.05) is 23.7 Å². The van der Waals surface area contributed by atoms with Gasteiger partial charge in [0.05, 0.1) is 17.4 Å². The molecule has 0 atom stereocenters. The van der Waals surface area contributed by atoms with Crippen molar-refractivity contribution in [1.29, 1.82) is 0 Å². The lowest BCUT2D eigenvalue weighted by Gasteiger charge is -2.06. The van der Waals surface area contributed by atoms with Crippen molar-refractivity contribution in [2.24, 2.45) is 0 Å². The second kappa shape index (κ2) is 7.49. The minimum absolute atomic E-state index is 0.0439. The van der Waals surface area contributed by atoms with Crippen molar-refractivity contribution < 1.29 is 4.79 Å². The van der Waals surface area contributed by atoms with E-state index in [1.54, 1.807) is 6.33 Å². The third-order valence-corrected chi connectivity index (χ3v) is 4.22. The van der Waals surface area contributed by atoms with Crippen LogP contribution in [0.25, 0.3) is 11.0 Å². The number of nitrogens with one attached hydrogen (secondary N) is 1. The molecule has 24 heavy (non-hydrogen) atoms. The van der Waals surface area contributed by atoms with Crippen molar-refractivity contribution >= 4 is 28.5 Å². The Morgan fingerprint density at radius 1 is 1.21 bits per heavy atom. The van der Waals surface area contributed by atoms with Gasteiger partial charge in [-0.3, -0.25) is 4.79 Å². The molecule has 1 N–H and O–H groups in total. The largest absolute Gasteiger partial charge is 0.352 e. The predicted octanol–water partition coefficient (Wildman–Crippen LogP) is 4.27. The fraction of sp³-hybridized carbons (Fsp3) is 0.263. The van der Waals surface area contributed by atoms with Crippen molar-refractivity contribution in [3.63, 3.8) is 0 Å². The zero-order chi connectivity index (χ0) is 16.9. The molecule has 1 aromatic heterocycles. The van der Waals surface area contributed by atoms with Crippen LogP contribution in [0.15, 0.2) is 48.8 Å². The minimum atomic E-state index is -0.0439. The van der Waals surface area contributed by atoms with Crippen LogP contribution < -0.4 is 5.32 Å². The summed E-state index contributed by atoms with van der Waals surface area (Å²) >= 11 is 5.92. The van der Waals surface area contributed by atoms with E-state index in [9.17, 15) is 4.79 Å². The second-order valence-electron chi connectivity index (χ2n) is 5.81. The molecule has 0 saturated carbocycles. The molecule has 0 saturated heterocycles. The van der Waals surface area contributed by atoms with E-state index < -0.39 is 0 Å². The summed E-state index contributed by atoms with van der Waals surface area (Å²) in [4.78, 5) is 16.6. The lowest BCUT2D eigenvalue weighted by atomic mass is 10.1. The first-order valence-electron chi connectivity index (χ1n) is 8.15. The Balaban J connectivity index is 1.78. The molecule has 3 aromatic rings. The van der Waals surface area contributed by atoms with Crippen LogP contribution in [-0.4, -0.2) is 22.0 Å². The maximum absolute atomic E-state index is 12.1. The summed E-state index contributed by atoms with van der Waals surface area (Å²) in [6.45, 7) is 3.53. The van der Waals surface area contributed by atoms with E-state index in [0.717, 1.165) is 41.0 Å². The molecule has 0 aliphatic heterocycles. The number of benzene rings is 2. The molecule has 4 nitrogen and oxygen atoms in total. The maximum atomic E-state index is 12.1. The molecule has 0 fully saturated rings. The fourth-order valence-corrected chi connectivity index (χ4v) is 2.72. The highest BCUT2D eigenvalue weighted by Crippen LogP contribution is 2.17. The number of imidazole rings is 1. The average molecular weight is 342 g/mol. The second-order valence-corrected chi connectivity index (χ2v) is 6.25. The van der Waals surface area contributed by atoms with Gasteiger partial charge in [0.15, 0.2) is 0 Å². The Morgan fingerprint density at radius 2 is 2.00 bits per heavy atom. The summed E-state index contributed by atoms with van der Waals surface area (Å²) < 4.78 is 2.07. The van der Waals surface area contributed by atoms with Gasteiger partial charge < -0.3 is 9.88 Å². The number of nitrogens with zero attached hydrogens (tertiary/aromatic N) is 2. The van der Waals surface area contributed by atoms with Gasteiger partial charge in [-0.2, -0.15) is 0 Å². The summed E-state index contributed by atoms with van der Waals surface area (Å²) in [5.74, 6) is -0.0439. The molecule has 0 bridgehead atoms. The summed E-state index contributed by atoms with van der Waals surface area (Å²) in [5, 5.41) is 3.66. The summed E-state index contributed by atoms with van der Waals surface area (Å²) in [6, 6.07) is 13.4. The predicted molar refractivity (Wildman–Crippen MR) is 97.5 cm³/mol. The monoisotopic (exact) mass is 341 g/mol. The number of hydrogen-bond donors (Lipinski definition) is 1. The molecule has 0 unspecified atom stereocenters. The molecular weight excluding hydrogens is 322 g/mol. The van der Waals surface area contributed by atoms with Gasteiger partial charge in [-0.1, -0.05) is 37.1 Å². The number of carbonyl (C=O) groups excluding carboxylic acids is 1. The van der Waals surface area contributed by atoms with Crippen LogP contribution in [-0.2, 0) is 6.54 Å². The molecule has 1 amide bonds. The van der Waals surface area contributed by atoms with Crippen molar-refractivity contribution in [1.82, 2.24) is 14.9 Å². The lowest BCUT2D eigenvalue weighted by molar-refractivity contribution is 0.0953. The number of hydrogen-bond acceptors (Lipinski definition) is 2. The minimum Gasteiger partial charge on any atom is -0.352 e. The third-order valence-electron chi connectivity index (χ3n) is 3.97. The van der Waals surface area contributed by atoms with Gasteiger partial charge in [0.2, 0.25) is 0 Å². The summed E-state index contributed by atoms with van der Waals surface area (Å²) in [5.41, 5.74) is 3.64. The van der Waals surface area contributed by atoms with E-state index in [2.05, 4.69) is 21.8 Å². The standard InChI is InChI=1S/C19H20ClN3O/c1-2-3-10-21-19(24)15-6-9-18-17(11-15)22-13-23(18)12-14-4-7-16(20)8-5-14/h4-9,11,13H,2-3,10,12H2,1H3,(H,21,24). The molecule has 0 aliphatic carbocycles. The third kappa shape index (κ3) is 3.77. The van der Waals surface area contributed by atoms with Gasteiger partial charge in [-0.15, -0.1) is 0 Å². The van der Waals surface area contributed by atoms with Crippen LogP contribution in [0.5, 0.6) is 0 Å². The van der Waals surface area contributed by atoms with Gasteiger partial charge in [-0.05, 0) is 42.3 Å². The highest BCUT2D eigenvalue weighted by Gasteiger charge is 2.09. The van der Waals surface area contributed by atoms with E-state index in [1.165, 1.54) is 0 Å². The van der Waals surface area contributed by atoms with E-state index in [-0.39, 0.29) is 5.91 Å². The van der Waals surface area contributed by atoms with Gasteiger partial charge in [0.1, 0.15) is 0 Å². The number of aromatic nitrogens is 2. The van der Waals surface area contributed by atoms with Gasteiger partial charge >= 0.3 is 0 Å². The zero-order valence-corrected chi connectivity index (χ0v) is 14.4. The Hall–Kier alpha value is -2.33. The first-order valence-corrected chi connectivity index (χ1v) is 8.52. The Labute approximate surface area is 146 Å². The average Bonchev–Trinajstić information content (AvgIpc) is 2.99. The van der Waals surface area contributed by atoms with Gasteiger partial charge in [-0.25, -0.2) is 4.98 Å². The van der Waals surface area contributed by atoms with E-state index in [4.69, 9.17) is 11.6 Å². The Morgan fingerprint density at radius 3 is 2.75 bits per heavy atom. The fourth-order valence-electron chi connectivity index (χ4n) is 2.60. The number of unbranched alkanes of at least 4 members (excludes halogenated alkanes) is 1. The molecule has 2 aromatic carbocycles. The molecular formula is C19H20ClN3O. The first kappa shape index (κ1) is 16.5. The number of fused-ring (bicyclic) bond motifs is 1. The SMILES string of the molecule is CCCCNC(=O)c1ccc2c(c1)ncn2Cc1ccc(Cl)cc1. The van der Waals surface area contributed by atoms with E-state index >= 15 is 0 Å². The van der Waals surface area contributed by atoms with Crippen LogP contribution in [0, 0.1) is 0 Å². The number of carbonyl (C=O) groups is 1. The smallest absolute Gasteiger partial charge is 0.251 e. The lowest BCUT2D eigenvalue weighted by Crippen LogP contribution is -2.24. The van der Waals surface area contributed by atoms with Crippen molar-refractivity contribution in [3.05, 3.63) is 64.9 Å². The number of amides is 1. The number of halogens is 1. The van der Waals surface area contributed by atoms with Crippen LogP contribution >= 0.6 is 11.6 Å². The Kier molecular flexibility index (Phi) is 5.16. The summed E-state index contributed by atoms with van der Waals surface area (Å²) in [7, 11) is 0. The van der Waals surface area contributed by atoms with E-state index in [1.807, 2.05) is 42.5 Å². The van der Waals surface area contributed by atoms with Crippen LogP contribution in [0.1, 0.15) is 35.7 Å². The normalized spacial score (nSPS) is 10.9. The molecule has 0 spiro atoms. The van der Waals surface area contributed by atoms with Crippen LogP contribution in [0.4, 0.5) is 0 Å². The first-order chi connectivity index (χ1) is 11.7. The highest BCUT2D eigenvalue weighted by molar-refractivity contribution is 6.30. The molecule has 3 rings (SSSR count). The van der Waals surface area contributed by atoms with Crippen molar-refractivity contribution in [3.8, 4) is 0 Å². The van der Waals surface area contributed by atoms with Crippen molar-refractivity contribution in [2.45, 2.75) is 26.3 Å². The van der Waals surface area contributed by atoms with Crippen LogP contribution in [0.3, 0.4) is 0 Å². The summed E-state index contributed by atoms with van der Waals surface area (Å²) in [6.07, 6.45) is 3.86. The molecule has 0 aliphatic rings. The van der Waals surface area contributed by atoms with Gasteiger partial charge in [0.25, 0.3) is 5.91 Å². The van der Waals surface area contributed by atoms with E-state index in [0.29, 0.717) is 12.1 Å². The number of rotatable bonds is 6.